The van der Waals surface area contributed by atoms with Gasteiger partial charge in [0.05, 0.1) is 11.9 Å². The normalized spacial score (nSPS) is 10.4. The van der Waals surface area contributed by atoms with Gasteiger partial charge in [-0.05, 0) is 13.0 Å². The first-order valence-corrected chi connectivity index (χ1v) is 6.69. The first-order valence-electron chi connectivity index (χ1n) is 5.70. The van der Waals surface area contributed by atoms with E-state index in [-0.39, 0.29) is 5.91 Å². The number of nitrogens with zero attached hydrogens (tertiary/aromatic N) is 2. The summed E-state index contributed by atoms with van der Waals surface area (Å²) >= 11 is 1.52. The molecule has 2 aromatic rings. The van der Waals surface area contributed by atoms with Crippen LogP contribution in [0.3, 0.4) is 0 Å². The Morgan fingerprint density at radius 1 is 1.58 bits per heavy atom. The van der Waals surface area contributed by atoms with Gasteiger partial charge in [0.2, 0.25) is 5.91 Å². The molecule has 7 heteroatoms. The molecule has 0 saturated heterocycles. The Hall–Kier alpha value is -2.02. The highest BCUT2D eigenvalue weighted by Crippen LogP contribution is 2.24. The second-order valence-electron chi connectivity index (χ2n) is 3.88. The number of aromatic nitrogens is 2. The van der Waals surface area contributed by atoms with Crippen LogP contribution in [0.2, 0.25) is 0 Å². The fourth-order valence-electron chi connectivity index (χ4n) is 1.41. The van der Waals surface area contributed by atoms with E-state index in [0.717, 1.165) is 4.90 Å². The van der Waals surface area contributed by atoms with E-state index in [2.05, 4.69) is 15.5 Å². The number of nitrogens with two attached hydrogens (primary N) is 1. The largest absolute Gasteiger partial charge is 0.397 e. The molecule has 0 aliphatic heterocycles. The lowest BCUT2D eigenvalue weighted by atomic mass is 10.4. The van der Waals surface area contributed by atoms with E-state index >= 15 is 0 Å². The summed E-state index contributed by atoms with van der Waals surface area (Å²) in [6, 6.07) is 3.50. The molecule has 2 heterocycles. The first-order chi connectivity index (χ1) is 9.15. The van der Waals surface area contributed by atoms with E-state index in [0.29, 0.717) is 29.4 Å². The van der Waals surface area contributed by atoms with Crippen molar-refractivity contribution in [2.24, 2.45) is 0 Å². The fourth-order valence-corrected chi connectivity index (χ4v) is 2.29. The van der Waals surface area contributed by atoms with Gasteiger partial charge in [0.15, 0.2) is 5.82 Å². The third kappa shape index (κ3) is 3.99. The highest BCUT2D eigenvalue weighted by Gasteiger charge is 2.07. The summed E-state index contributed by atoms with van der Waals surface area (Å²) < 4.78 is 4.86. The van der Waals surface area contributed by atoms with Crippen LogP contribution in [0, 0.1) is 6.92 Å². The molecule has 3 N–H and O–H groups in total. The summed E-state index contributed by atoms with van der Waals surface area (Å²) in [4.78, 5) is 16.5. The van der Waals surface area contributed by atoms with Crippen molar-refractivity contribution in [3.63, 3.8) is 0 Å². The Kier molecular flexibility index (Phi) is 4.40. The zero-order valence-electron chi connectivity index (χ0n) is 10.4. The average Bonchev–Trinajstić information content (AvgIpc) is 2.77. The summed E-state index contributed by atoms with van der Waals surface area (Å²) in [5.41, 5.74) is 6.38. The molecule has 0 fully saturated rings. The number of thioether (sulfide) groups is 1. The van der Waals surface area contributed by atoms with Crippen LogP contribution >= 0.6 is 11.8 Å². The Bertz CT molecular complexity index is 570. The van der Waals surface area contributed by atoms with Gasteiger partial charge in [0.25, 0.3) is 0 Å². The number of carbonyl (C=O) groups is 1. The van der Waals surface area contributed by atoms with Gasteiger partial charge < -0.3 is 15.6 Å². The van der Waals surface area contributed by atoms with Crippen molar-refractivity contribution in [3.05, 3.63) is 30.3 Å². The second kappa shape index (κ2) is 6.24. The van der Waals surface area contributed by atoms with Crippen LogP contribution in [-0.2, 0) is 4.79 Å². The van der Waals surface area contributed by atoms with Crippen molar-refractivity contribution in [1.29, 1.82) is 0 Å². The number of hydrogen-bond donors (Lipinski definition) is 2. The van der Waals surface area contributed by atoms with Crippen LogP contribution in [0.25, 0.3) is 0 Å². The molecule has 2 rings (SSSR count). The zero-order valence-corrected chi connectivity index (χ0v) is 11.2. The minimum absolute atomic E-state index is 0.103. The van der Waals surface area contributed by atoms with Crippen molar-refractivity contribution in [2.75, 3.05) is 16.8 Å². The summed E-state index contributed by atoms with van der Waals surface area (Å²) in [5.74, 6) is 1.63. The fraction of sp³-hybridized carbons (Fsp3) is 0.250. The highest BCUT2D eigenvalue weighted by molar-refractivity contribution is 7.99. The summed E-state index contributed by atoms with van der Waals surface area (Å²) in [7, 11) is 0. The number of pyridine rings is 1. The molecule has 1 amide bonds. The van der Waals surface area contributed by atoms with Gasteiger partial charge in [-0.15, -0.1) is 11.8 Å². The predicted octanol–water partition coefficient (Wildman–Crippen LogP) is 2.08. The maximum atomic E-state index is 11.6. The van der Waals surface area contributed by atoms with E-state index in [1.807, 2.05) is 6.07 Å². The maximum Gasteiger partial charge on any atom is 0.226 e. The van der Waals surface area contributed by atoms with E-state index < -0.39 is 0 Å². The molecule has 0 aliphatic carbocycles. The lowest BCUT2D eigenvalue weighted by molar-refractivity contribution is -0.115. The van der Waals surface area contributed by atoms with Crippen molar-refractivity contribution in [2.45, 2.75) is 18.2 Å². The van der Waals surface area contributed by atoms with Crippen molar-refractivity contribution in [1.82, 2.24) is 10.1 Å². The Balaban J connectivity index is 1.77. The topological polar surface area (TPSA) is 94.0 Å². The Labute approximate surface area is 114 Å². The molecule has 0 saturated carbocycles. The summed E-state index contributed by atoms with van der Waals surface area (Å²) in [6.45, 7) is 1.77. The molecule has 2 aromatic heterocycles. The molecule has 100 valence electrons. The van der Waals surface area contributed by atoms with Crippen molar-refractivity contribution in [3.8, 4) is 0 Å². The third-order valence-electron chi connectivity index (χ3n) is 2.29. The summed E-state index contributed by atoms with van der Waals surface area (Å²) in [6.07, 6.45) is 3.65. The third-order valence-corrected chi connectivity index (χ3v) is 3.38. The van der Waals surface area contributed by atoms with Crippen LogP contribution in [0.4, 0.5) is 11.5 Å². The smallest absolute Gasteiger partial charge is 0.226 e. The second-order valence-corrected chi connectivity index (χ2v) is 5.02. The van der Waals surface area contributed by atoms with E-state index in [1.54, 1.807) is 25.4 Å². The van der Waals surface area contributed by atoms with Gasteiger partial charge in [-0.3, -0.25) is 9.78 Å². The lowest BCUT2D eigenvalue weighted by Crippen LogP contribution is -2.12. The Morgan fingerprint density at radius 2 is 2.42 bits per heavy atom. The maximum absolute atomic E-state index is 11.6. The number of nitrogens with one attached hydrogen (secondary N) is 1. The van der Waals surface area contributed by atoms with Gasteiger partial charge >= 0.3 is 0 Å². The Morgan fingerprint density at radius 3 is 3.11 bits per heavy atom. The zero-order chi connectivity index (χ0) is 13.7. The first kappa shape index (κ1) is 13.4. The molecule has 0 bridgehead atoms. The van der Waals surface area contributed by atoms with Crippen LogP contribution in [0.5, 0.6) is 0 Å². The van der Waals surface area contributed by atoms with Gasteiger partial charge in [-0.25, -0.2) is 0 Å². The highest BCUT2D eigenvalue weighted by atomic mass is 32.2. The average molecular weight is 278 g/mol. The van der Waals surface area contributed by atoms with E-state index in [1.165, 1.54) is 11.8 Å². The van der Waals surface area contributed by atoms with Gasteiger partial charge in [-0.2, -0.15) is 0 Å². The molecule has 0 unspecified atom stereocenters. The van der Waals surface area contributed by atoms with Crippen LogP contribution in [0.1, 0.15) is 12.2 Å². The minimum Gasteiger partial charge on any atom is -0.397 e. The molecular weight excluding hydrogens is 264 g/mol. The van der Waals surface area contributed by atoms with E-state index in [4.69, 9.17) is 10.3 Å². The molecule has 19 heavy (non-hydrogen) atoms. The number of amides is 1. The number of aryl methyl sites for hydroxylation is 1. The molecule has 0 spiro atoms. The predicted molar refractivity (Wildman–Crippen MR) is 73.9 cm³/mol. The van der Waals surface area contributed by atoms with Gasteiger partial charge in [-0.1, -0.05) is 5.16 Å². The van der Waals surface area contributed by atoms with Crippen LogP contribution in [-0.4, -0.2) is 21.8 Å². The molecule has 0 aromatic carbocycles. The van der Waals surface area contributed by atoms with Crippen molar-refractivity contribution >= 4 is 29.2 Å². The SMILES string of the molecule is Cc1cc(NC(=O)CCSc2ccncc2N)no1. The number of rotatable bonds is 5. The quantitative estimate of drug-likeness (QED) is 0.813. The minimum atomic E-state index is -0.103. The van der Waals surface area contributed by atoms with Crippen LogP contribution < -0.4 is 11.1 Å². The number of hydrogen-bond acceptors (Lipinski definition) is 6. The van der Waals surface area contributed by atoms with E-state index in [9.17, 15) is 4.79 Å². The van der Waals surface area contributed by atoms with Crippen LogP contribution in [0.15, 0.2) is 33.9 Å². The molecule has 0 radical (unpaired) electrons. The number of carbonyl (C=O) groups excluding carboxylic acids is 1. The van der Waals surface area contributed by atoms with Gasteiger partial charge in [0, 0.05) is 29.3 Å². The lowest BCUT2D eigenvalue weighted by Gasteiger charge is -2.04. The molecule has 6 nitrogen and oxygen atoms in total. The monoisotopic (exact) mass is 278 g/mol. The standard InChI is InChI=1S/C12H14N4O2S/c1-8-6-11(16-18-8)15-12(17)3-5-19-10-2-4-14-7-9(10)13/h2,4,6-7H,3,5,13H2,1H3,(H,15,16,17). The molecule has 0 aliphatic rings. The molecular formula is C12H14N4O2S. The van der Waals surface area contributed by atoms with Gasteiger partial charge in [0.1, 0.15) is 5.76 Å². The summed E-state index contributed by atoms with van der Waals surface area (Å²) in [5, 5.41) is 6.36. The number of nitrogen functional groups attached to an aromatic ring is 1. The van der Waals surface area contributed by atoms with Crippen molar-refractivity contribution < 1.29 is 9.32 Å². The number of anilines is 2. The molecule has 0 atom stereocenters.